The van der Waals surface area contributed by atoms with E-state index in [2.05, 4.69) is 39.8 Å². The first-order valence-corrected chi connectivity index (χ1v) is 8.75. The fourth-order valence-electron chi connectivity index (χ4n) is 3.13. The highest BCUT2D eigenvalue weighted by Gasteiger charge is 2.22. The second kappa shape index (κ2) is 7.14. The van der Waals surface area contributed by atoms with Gasteiger partial charge >= 0.3 is 0 Å². The first-order chi connectivity index (χ1) is 10.4. The maximum absolute atomic E-state index is 4.50. The van der Waals surface area contributed by atoms with E-state index in [0.717, 1.165) is 5.01 Å². The van der Waals surface area contributed by atoms with Gasteiger partial charge in [-0.1, -0.05) is 67.4 Å². The van der Waals surface area contributed by atoms with E-state index in [1.54, 1.807) is 11.3 Å². The molecule has 1 atom stereocenters. The summed E-state index contributed by atoms with van der Waals surface area (Å²) in [6.45, 7) is 0. The molecule has 0 radical (unpaired) electrons. The summed E-state index contributed by atoms with van der Waals surface area (Å²) in [7, 11) is 1.99. The molecule has 0 saturated heterocycles. The van der Waals surface area contributed by atoms with Gasteiger partial charge in [0.15, 0.2) is 0 Å². The predicted molar refractivity (Wildman–Crippen MR) is 87.7 cm³/mol. The van der Waals surface area contributed by atoms with Crippen LogP contribution in [0.2, 0.25) is 0 Å². The van der Waals surface area contributed by atoms with Crippen molar-refractivity contribution in [2.24, 2.45) is 0 Å². The Bertz CT molecular complexity index is 544. The van der Waals surface area contributed by atoms with Crippen molar-refractivity contribution < 1.29 is 0 Å². The molecule has 3 rings (SSSR count). The lowest BCUT2D eigenvalue weighted by Gasteiger charge is -2.13. The van der Waals surface area contributed by atoms with Gasteiger partial charge < -0.3 is 5.32 Å². The summed E-state index contributed by atoms with van der Waals surface area (Å²) in [5, 5.41) is 14.7. The van der Waals surface area contributed by atoms with Crippen LogP contribution in [-0.2, 0) is 0 Å². The molecule has 2 aromatic rings. The molecule has 0 spiro atoms. The molecule has 1 aliphatic rings. The average Bonchev–Trinajstić information content (AvgIpc) is 2.84. The standard InChI is InChI=1S/C17H23N3S/c1-18-15(13-9-7-4-8-10-13)17-20-19-16(21-17)14-11-5-2-3-6-12-14/h4,7-10,14-15,18H,2-3,5-6,11-12H2,1H3. The van der Waals surface area contributed by atoms with Crippen molar-refractivity contribution in [3.63, 3.8) is 0 Å². The molecule has 0 aliphatic heterocycles. The second-order valence-corrected chi connectivity index (χ2v) is 6.84. The Morgan fingerprint density at radius 1 is 1.05 bits per heavy atom. The molecule has 1 fully saturated rings. The number of hydrogen-bond acceptors (Lipinski definition) is 4. The molecule has 4 heteroatoms. The summed E-state index contributed by atoms with van der Waals surface area (Å²) in [6.07, 6.45) is 8.01. The Morgan fingerprint density at radius 2 is 1.76 bits per heavy atom. The molecule has 21 heavy (non-hydrogen) atoms. The third-order valence-electron chi connectivity index (χ3n) is 4.33. The minimum Gasteiger partial charge on any atom is -0.307 e. The highest BCUT2D eigenvalue weighted by Crippen LogP contribution is 2.35. The Balaban J connectivity index is 1.79. The zero-order chi connectivity index (χ0) is 14.5. The van der Waals surface area contributed by atoms with Crippen LogP contribution in [0, 0.1) is 0 Å². The molecule has 1 aliphatic carbocycles. The fraction of sp³-hybridized carbons (Fsp3) is 0.529. The molecular weight excluding hydrogens is 278 g/mol. The van der Waals surface area contributed by atoms with Crippen LogP contribution < -0.4 is 5.32 Å². The Kier molecular flexibility index (Phi) is 4.99. The second-order valence-electron chi connectivity index (χ2n) is 5.80. The van der Waals surface area contributed by atoms with Crippen LogP contribution in [0.15, 0.2) is 30.3 Å². The maximum Gasteiger partial charge on any atom is 0.139 e. The number of hydrogen-bond donors (Lipinski definition) is 1. The minimum absolute atomic E-state index is 0.156. The van der Waals surface area contributed by atoms with Crippen molar-refractivity contribution in [1.82, 2.24) is 15.5 Å². The molecule has 1 heterocycles. The number of rotatable bonds is 4. The van der Waals surface area contributed by atoms with Crippen molar-refractivity contribution in [1.29, 1.82) is 0 Å². The lowest BCUT2D eigenvalue weighted by atomic mass is 10.0. The topological polar surface area (TPSA) is 37.8 Å². The van der Waals surface area contributed by atoms with Gasteiger partial charge in [-0.05, 0) is 25.5 Å². The lowest BCUT2D eigenvalue weighted by molar-refractivity contribution is 0.583. The first kappa shape index (κ1) is 14.7. The predicted octanol–water partition coefficient (Wildman–Crippen LogP) is 4.28. The normalized spacial score (nSPS) is 18.3. The maximum atomic E-state index is 4.50. The van der Waals surface area contributed by atoms with E-state index in [0.29, 0.717) is 5.92 Å². The summed E-state index contributed by atoms with van der Waals surface area (Å²) in [5.74, 6) is 0.632. The molecule has 0 bridgehead atoms. The van der Waals surface area contributed by atoms with E-state index in [-0.39, 0.29) is 6.04 Å². The van der Waals surface area contributed by atoms with Crippen molar-refractivity contribution in [3.8, 4) is 0 Å². The third-order valence-corrected chi connectivity index (χ3v) is 5.48. The monoisotopic (exact) mass is 301 g/mol. The molecule has 1 unspecified atom stereocenters. The number of aromatic nitrogens is 2. The first-order valence-electron chi connectivity index (χ1n) is 7.94. The molecule has 1 saturated carbocycles. The van der Waals surface area contributed by atoms with Gasteiger partial charge in [-0.25, -0.2) is 0 Å². The SMILES string of the molecule is CNC(c1ccccc1)c1nnc(C2CCCCCC2)s1. The molecule has 112 valence electrons. The molecule has 1 aromatic heterocycles. The van der Waals surface area contributed by atoms with Gasteiger partial charge in [0.25, 0.3) is 0 Å². The van der Waals surface area contributed by atoms with Gasteiger partial charge in [0.1, 0.15) is 10.0 Å². The van der Waals surface area contributed by atoms with Crippen LogP contribution in [-0.4, -0.2) is 17.2 Å². The van der Waals surface area contributed by atoms with Crippen molar-refractivity contribution in [3.05, 3.63) is 45.9 Å². The van der Waals surface area contributed by atoms with Crippen molar-refractivity contribution in [2.75, 3.05) is 7.05 Å². The summed E-state index contributed by atoms with van der Waals surface area (Å²) < 4.78 is 0. The molecule has 1 aromatic carbocycles. The summed E-state index contributed by atoms with van der Waals surface area (Å²) in [5.41, 5.74) is 1.25. The van der Waals surface area contributed by atoms with Crippen LogP contribution in [0.4, 0.5) is 0 Å². The van der Waals surface area contributed by atoms with Crippen LogP contribution in [0.25, 0.3) is 0 Å². The largest absolute Gasteiger partial charge is 0.307 e. The van der Waals surface area contributed by atoms with Crippen molar-refractivity contribution in [2.45, 2.75) is 50.5 Å². The highest BCUT2D eigenvalue weighted by molar-refractivity contribution is 7.11. The lowest BCUT2D eigenvalue weighted by Crippen LogP contribution is -2.17. The highest BCUT2D eigenvalue weighted by atomic mass is 32.1. The van der Waals surface area contributed by atoms with Crippen LogP contribution in [0.3, 0.4) is 0 Å². The molecular formula is C17H23N3S. The molecule has 3 nitrogen and oxygen atoms in total. The summed E-state index contributed by atoms with van der Waals surface area (Å²) in [6, 6.07) is 10.7. The third kappa shape index (κ3) is 3.50. The van der Waals surface area contributed by atoms with E-state index in [9.17, 15) is 0 Å². The Morgan fingerprint density at radius 3 is 2.43 bits per heavy atom. The zero-order valence-corrected chi connectivity index (χ0v) is 13.4. The quantitative estimate of drug-likeness (QED) is 0.856. The summed E-state index contributed by atoms with van der Waals surface area (Å²) >= 11 is 1.79. The summed E-state index contributed by atoms with van der Waals surface area (Å²) in [4.78, 5) is 0. The fourth-order valence-corrected chi connectivity index (χ4v) is 4.28. The van der Waals surface area contributed by atoms with Crippen LogP contribution in [0.5, 0.6) is 0 Å². The van der Waals surface area contributed by atoms with Gasteiger partial charge in [0.2, 0.25) is 0 Å². The van der Waals surface area contributed by atoms with Crippen LogP contribution >= 0.6 is 11.3 Å². The zero-order valence-electron chi connectivity index (χ0n) is 12.6. The van der Waals surface area contributed by atoms with Gasteiger partial charge in [-0.3, -0.25) is 0 Å². The van der Waals surface area contributed by atoms with E-state index >= 15 is 0 Å². The molecule has 0 amide bonds. The van der Waals surface area contributed by atoms with E-state index in [4.69, 9.17) is 0 Å². The van der Waals surface area contributed by atoms with Crippen LogP contribution in [0.1, 0.15) is 66.1 Å². The minimum atomic E-state index is 0.156. The average molecular weight is 301 g/mol. The van der Waals surface area contributed by atoms with Crippen molar-refractivity contribution >= 4 is 11.3 Å². The van der Waals surface area contributed by atoms with E-state index in [1.807, 2.05) is 13.1 Å². The van der Waals surface area contributed by atoms with E-state index < -0.39 is 0 Å². The van der Waals surface area contributed by atoms with Gasteiger partial charge in [-0.15, -0.1) is 10.2 Å². The number of benzene rings is 1. The van der Waals surface area contributed by atoms with Gasteiger partial charge in [-0.2, -0.15) is 0 Å². The van der Waals surface area contributed by atoms with E-state index in [1.165, 1.54) is 49.1 Å². The number of nitrogens with one attached hydrogen (secondary N) is 1. The Hall–Kier alpha value is -1.26. The van der Waals surface area contributed by atoms with Gasteiger partial charge in [0, 0.05) is 5.92 Å². The Labute approximate surface area is 130 Å². The van der Waals surface area contributed by atoms with Gasteiger partial charge in [0.05, 0.1) is 6.04 Å². The smallest absolute Gasteiger partial charge is 0.139 e. The molecule has 1 N–H and O–H groups in total. The number of nitrogens with zero attached hydrogens (tertiary/aromatic N) is 2.